The summed E-state index contributed by atoms with van der Waals surface area (Å²) in [6, 6.07) is 0. The minimum absolute atomic E-state index is 0.500. The monoisotopic (exact) mass is 226 g/mol. The summed E-state index contributed by atoms with van der Waals surface area (Å²) >= 11 is 0. The van der Waals surface area contributed by atoms with E-state index in [2.05, 4.69) is 17.1 Å². The molecule has 2 rings (SSSR count). The van der Waals surface area contributed by atoms with Crippen LogP contribution in [0.3, 0.4) is 0 Å². The van der Waals surface area contributed by atoms with Gasteiger partial charge in [0.2, 0.25) is 0 Å². The summed E-state index contributed by atoms with van der Waals surface area (Å²) in [4.78, 5) is 2.62. The van der Waals surface area contributed by atoms with Crippen LogP contribution in [0, 0.1) is 5.92 Å². The van der Waals surface area contributed by atoms with Crippen LogP contribution in [0.25, 0.3) is 0 Å². The number of ether oxygens (including phenoxy) is 1. The van der Waals surface area contributed by atoms with Crippen molar-refractivity contribution in [2.24, 2.45) is 5.92 Å². The zero-order valence-corrected chi connectivity index (χ0v) is 10.6. The van der Waals surface area contributed by atoms with Gasteiger partial charge in [-0.1, -0.05) is 0 Å². The number of likely N-dealkylation sites (tertiary alicyclic amines) is 1. The molecular weight excluding hydrogens is 200 g/mol. The molecule has 2 heterocycles. The lowest BCUT2D eigenvalue weighted by molar-refractivity contribution is 0.000630. The second-order valence-electron chi connectivity index (χ2n) is 5.17. The van der Waals surface area contributed by atoms with Crippen LogP contribution < -0.4 is 5.32 Å². The molecular formula is C13H26N2O. The number of piperidine rings is 2. The molecule has 16 heavy (non-hydrogen) atoms. The number of nitrogens with one attached hydrogen (secondary N) is 1. The van der Waals surface area contributed by atoms with Crippen molar-refractivity contribution in [3.8, 4) is 0 Å². The van der Waals surface area contributed by atoms with Crippen LogP contribution in [0.4, 0.5) is 0 Å². The van der Waals surface area contributed by atoms with Crippen molar-refractivity contribution in [3.63, 3.8) is 0 Å². The maximum absolute atomic E-state index is 5.75. The first-order chi connectivity index (χ1) is 7.88. The van der Waals surface area contributed by atoms with E-state index in [1.807, 2.05) is 0 Å². The van der Waals surface area contributed by atoms with Gasteiger partial charge in [0.1, 0.15) is 0 Å². The highest BCUT2D eigenvalue weighted by Gasteiger charge is 2.23. The molecule has 0 aromatic heterocycles. The Kier molecular flexibility index (Phi) is 5.07. The Morgan fingerprint density at radius 3 is 2.81 bits per heavy atom. The van der Waals surface area contributed by atoms with Crippen LogP contribution in [0.1, 0.15) is 32.6 Å². The highest BCUT2D eigenvalue weighted by molar-refractivity contribution is 4.78. The van der Waals surface area contributed by atoms with Gasteiger partial charge in [-0.3, -0.25) is 0 Å². The van der Waals surface area contributed by atoms with E-state index in [0.29, 0.717) is 6.10 Å². The molecule has 0 aliphatic carbocycles. The smallest absolute Gasteiger partial charge is 0.0702 e. The van der Waals surface area contributed by atoms with Crippen molar-refractivity contribution in [1.82, 2.24) is 10.2 Å². The fourth-order valence-electron chi connectivity index (χ4n) is 2.98. The maximum atomic E-state index is 5.75. The summed E-state index contributed by atoms with van der Waals surface area (Å²) in [6.45, 7) is 9.15. The topological polar surface area (TPSA) is 24.5 Å². The van der Waals surface area contributed by atoms with E-state index >= 15 is 0 Å². The van der Waals surface area contributed by atoms with Crippen LogP contribution in [-0.4, -0.2) is 50.3 Å². The standard InChI is InChI=1S/C13H26N2O/c1-2-16-13-4-3-9-15(11-13)10-12-5-7-14-8-6-12/h12-14H,2-11H2,1H3. The average molecular weight is 226 g/mol. The van der Waals surface area contributed by atoms with Crippen LogP contribution in [0.5, 0.6) is 0 Å². The number of hydrogen-bond donors (Lipinski definition) is 1. The Bertz CT molecular complexity index is 190. The van der Waals surface area contributed by atoms with Crippen molar-refractivity contribution in [2.45, 2.75) is 38.7 Å². The predicted octanol–water partition coefficient (Wildman–Crippen LogP) is 1.49. The van der Waals surface area contributed by atoms with Crippen molar-refractivity contribution < 1.29 is 4.74 Å². The largest absolute Gasteiger partial charge is 0.377 e. The molecule has 0 radical (unpaired) electrons. The highest BCUT2D eigenvalue weighted by Crippen LogP contribution is 2.18. The number of hydrogen-bond acceptors (Lipinski definition) is 3. The van der Waals surface area contributed by atoms with Crippen LogP contribution in [-0.2, 0) is 4.74 Å². The van der Waals surface area contributed by atoms with Crippen molar-refractivity contribution >= 4 is 0 Å². The van der Waals surface area contributed by atoms with Gasteiger partial charge in [-0.05, 0) is 58.2 Å². The zero-order valence-electron chi connectivity index (χ0n) is 10.6. The second-order valence-corrected chi connectivity index (χ2v) is 5.17. The van der Waals surface area contributed by atoms with Gasteiger partial charge in [0, 0.05) is 19.7 Å². The lowest BCUT2D eigenvalue weighted by atomic mass is 9.96. The molecule has 0 bridgehead atoms. The van der Waals surface area contributed by atoms with Crippen LogP contribution >= 0.6 is 0 Å². The Morgan fingerprint density at radius 1 is 1.25 bits per heavy atom. The maximum Gasteiger partial charge on any atom is 0.0702 e. The zero-order chi connectivity index (χ0) is 11.2. The van der Waals surface area contributed by atoms with Gasteiger partial charge in [-0.25, -0.2) is 0 Å². The third-order valence-corrected chi connectivity index (χ3v) is 3.84. The number of rotatable bonds is 4. The number of nitrogens with zero attached hydrogens (tertiary/aromatic N) is 1. The fraction of sp³-hybridized carbons (Fsp3) is 1.00. The SMILES string of the molecule is CCOC1CCCN(CC2CCNCC2)C1. The van der Waals surface area contributed by atoms with E-state index in [-0.39, 0.29) is 0 Å². The summed E-state index contributed by atoms with van der Waals surface area (Å²) < 4.78 is 5.75. The van der Waals surface area contributed by atoms with Crippen LogP contribution in [0.2, 0.25) is 0 Å². The third-order valence-electron chi connectivity index (χ3n) is 3.84. The molecule has 2 saturated heterocycles. The lowest BCUT2D eigenvalue weighted by Gasteiger charge is -2.35. The first-order valence-corrected chi connectivity index (χ1v) is 6.93. The van der Waals surface area contributed by atoms with Gasteiger partial charge in [0.25, 0.3) is 0 Å². The average Bonchev–Trinajstić information content (AvgIpc) is 2.31. The highest BCUT2D eigenvalue weighted by atomic mass is 16.5. The van der Waals surface area contributed by atoms with E-state index in [9.17, 15) is 0 Å². The normalized spacial score (nSPS) is 29.4. The van der Waals surface area contributed by atoms with Gasteiger partial charge in [-0.2, -0.15) is 0 Å². The Morgan fingerprint density at radius 2 is 2.06 bits per heavy atom. The van der Waals surface area contributed by atoms with Crippen molar-refractivity contribution in [3.05, 3.63) is 0 Å². The molecule has 1 unspecified atom stereocenters. The molecule has 3 nitrogen and oxygen atoms in total. The summed E-state index contributed by atoms with van der Waals surface area (Å²) in [7, 11) is 0. The molecule has 1 N–H and O–H groups in total. The summed E-state index contributed by atoms with van der Waals surface area (Å²) in [5.74, 6) is 0.918. The lowest BCUT2D eigenvalue weighted by Crippen LogP contribution is -2.43. The van der Waals surface area contributed by atoms with Gasteiger partial charge >= 0.3 is 0 Å². The first kappa shape index (κ1) is 12.3. The van der Waals surface area contributed by atoms with E-state index < -0.39 is 0 Å². The van der Waals surface area contributed by atoms with E-state index in [0.717, 1.165) is 19.1 Å². The summed E-state index contributed by atoms with van der Waals surface area (Å²) in [5, 5.41) is 3.44. The molecule has 2 aliphatic heterocycles. The van der Waals surface area contributed by atoms with Gasteiger partial charge < -0.3 is 15.0 Å². The molecule has 94 valence electrons. The Labute approximate surface area is 99.5 Å². The molecule has 2 fully saturated rings. The van der Waals surface area contributed by atoms with Crippen molar-refractivity contribution in [2.75, 3.05) is 39.3 Å². The summed E-state index contributed by atoms with van der Waals surface area (Å²) in [5.41, 5.74) is 0. The molecule has 0 amide bonds. The predicted molar refractivity (Wildman–Crippen MR) is 66.7 cm³/mol. The third kappa shape index (κ3) is 3.72. The Hall–Kier alpha value is -0.120. The van der Waals surface area contributed by atoms with E-state index in [1.54, 1.807) is 0 Å². The minimum Gasteiger partial charge on any atom is -0.377 e. The van der Waals surface area contributed by atoms with Gasteiger partial charge in [0.05, 0.1) is 6.10 Å². The van der Waals surface area contributed by atoms with Crippen LogP contribution in [0.15, 0.2) is 0 Å². The molecule has 0 aromatic rings. The molecule has 2 aliphatic rings. The quantitative estimate of drug-likeness (QED) is 0.786. The summed E-state index contributed by atoms with van der Waals surface area (Å²) in [6.07, 6.45) is 5.79. The molecule has 0 spiro atoms. The fourth-order valence-corrected chi connectivity index (χ4v) is 2.98. The molecule has 3 heteroatoms. The van der Waals surface area contributed by atoms with Gasteiger partial charge in [-0.15, -0.1) is 0 Å². The molecule has 1 atom stereocenters. The Balaban J connectivity index is 1.71. The van der Waals surface area contributed by atoms with E-state index in [4.69, 9.17) is 4.74 Å². The minimum atomic E-state index is 0.500. The molecule has 0 aromatic carbocycles. The first-order valence-electron chi connectivity index (χ1n) is 6.93. The van der Waals surface area contributed by atoms with Crippen molar-refractivity contribution in [1.29, 1.82) is 0 Å². The van der Waals surface area contributed by atoms with E-state index in [1.165, 1.54) is 51.9 Å². The van der Waals surface area contributed by atoms with Gasteiger partial charge in [0.15, 0.2) is 0 Å². The second kappa shape index (κ2) is 6.58. The molecule has 0 saturated carbocycles.